The Bertz CT molecular complexity index is 859. The summed E-state index contributed by atoms with van der Waals surface area (Å²) in [4.78, 5) is 21.5. The van der Waals surface area contributed by atoms with Gasteiger partial charge in [-0.1, -0.05) is 13.0 Å². The minimum absolute atomic E-state index is 0.214. The summed E-state index contributed by atoms with van der Waals surface area (Å²) in [5.41, 5.74) is 1.52. The normalized spacial score (nSPS) is 14.7. The topological polar surface area (TPSA) is 66.9 Å². The van der Waals surface area contributed by atoms with Gasteiger partial charge < -0.3 is 24.6 Å². The first-order chi connectivity index (χ1) is 14.6. The van der Waals surface area contributed by atoms with Gasteiger partial charge in [0.05, 0.1) is 25.6 Å². The fourth-order valence-corrected chi connectivity index (χ4v) is 3.36. The first-order valence-corrected chi connectivity index (χ1v) is 10.4. The van der Waals surface area contributed by atoms with Crippen LogP contribution in [-0.4, -0.2) is 62.2 Å². The van der Waals surface area contributed by atoms with E-state index < -0.39 is 0 Å². The molecule has 0 bridgehead atoms. The van der Waals surface area contributed by atoms with E-state index in [9.17, 15) is 4.79 Å². The molecule has 1 aromatic carbocycles. The van der Waals surface area contributed by atoms with Crippen LogP contribution in [0.15, 0.2) is 42.6 Å². The lowest BCUT2D eigenvalue weighted by Crippen LogP contribution is -2.46. The third kappa shape index (κ3) is 5.73. The van der Waals surface area contributed by atoms with E-state index in [0.29, 0.717) is 23.8 Å². The van der Waals surface area contributed by atoms with Gasteiger partial charge in [-0.3, -0.25) is 4.79 Å². The Morgan fingerprint density at radius 1 is 1.13 bits per heavy atom. The molecule has 0 unspecified atom stereocenters. The van der Waals surface area contributed by atoms with E-state index in [0.717, 1.165) is 44.1 Å². The molecule has 0 saturated carbocycles. The van der Waals surface area contributed by atoms with Crippen molar-refractivity contribution in [2.45, 2.75) is 13.8 Å². The smallest absolute Gasteiger partial charge is 0.248 e. The average molecular weight is 411 g/mol. The molecule has 0 spiro atoms. The van der Waals surface area contributed by atoms with Crippen LogP contribution in [0.25, 0.3) is 6.08 Å². The van der Waals surface area contributed by atoms with Crippen LogP contribution in [0.5, 0.6) is 11.5 Å². The number of piperazine rings is 1. The minimum Gasteiger partial charge on any atom is -0.493 e. The lowest BCUT2D eigenvalue weighted by atomic mass is 10.2. The fourth-order valence-electron chi connectivity index (χ4n) is 3.36. The number of ether oxygens (including phenoxy) is 2. The Labute approximate surface area is 178 Å². The van der Waals surface area contributed by atoms with Gasteiger partial charge in [0.2, 0.25) is 5.91 Å². The molecule has 2 heterocycles. The molecule has 160 valence electrons. The number of methoxy groups -OCH3 is 1. The minimum atomic E-state index is -0.214. The fraction of sp³-hybridized carbons (Fsp3) is 0.391. The number of pyridine rings is 1. The first-order valence-electron chi connectivity index (χ1n) is 10.4. The number of carbonyl (C=O) groups is 1. The van der Waals surface area contributed by atoms with Gasteiger partial charge in [0.15, 0.2) is 11.5 Å². The zero-order valence-electron chi connectivity index (χ0n) is 17.9. The highest BCUT2D eigenvalue weighted by molar-refractivity contribution is 6.01. The largest absolute Gasteiger partial charge is 0.493 e. The standard InChI is InChI=1S/C23H30N4O3/c1-4-26-12-14-27(15-13-26)22-10-8-19(17-24-22)25-23(28)11-7-18-6-9-20(30-5-2)21(16-18)29-3/h6-11,16-17H,4-5,12-15H2,1-3H3,(H,25,28)/b11-7+. The summed E-state index contributed by atoms with van der Waals surface area (Å²) >= 11 is 0. The SMILES string of the molecule is CCOc1ccc(/C=C/C(=O)Nc2ccc(N3CCN(CC)CC3)nc2)cc1OC. The van der Waals surface area contributed by atoms with Crippen LogP contribution in [0, 0.1) is 0 Å². The summed E-state index contributed by atoms with van der Waals surface area (Å²) in [6.07, 6.45) is 4.93. The molecule has 1 fully saturated rings. The number of anilines is 2. The molecular weight excluding hydrogens is 380 g/mol. The molecule has 30 heavy (non-hydrogen) atoms. The quantitative estimate of drug-likeness (QED) is 0.674. The van der Waals surface area contributed by atoms with E-state index in [4.69, 9.17) is 9.47 Å². The molecule has 0 radical (unpaired) electrons. The van der Waals surface area contributed by atoms with Crippen LogP contribution in [0.4, 0.5) is 11.5 Å². The average Bonchev–Trinajstić information content (AvgIpc) is 2.79. The summed E-state index contributed by atoms with van der Waals surface area (Å²) in [5, 5.41) is 2.85. The molecule has 3 rings (SSSR count). The molecule has 1 saturated heterocycles. The predicted molar refractivity (Wildman–Crippen MR) is 120 cm³/mol. The first kappa shape index (κ1) is 21.6. The summed E-state index contributed by atoms with van der Waals surface area (Å²) in [6.45, 7) is 9.81. The highest BCUT2D eigenvalue weighted by atomic mass is 16.5. The van der Waals surface area contributed by atoms with E-state index in [1.807, 2.05) is 37.3 Å². The second-order valence-corrected chi connectivity index (χ2v) is 6.99. The van der Waals surface area contributed by atoms with Crippen molar-refractivity contribution in [1.29, 1.82) is 0 Å². The van der Waals surface area contributed by atoms with Gasteiger partial charge in [0.25, 0.3) is 0 Å². The van der Waals surface area contributed by atoms with E-state index in [2.05, 4.69) is 27.0 Å². The van der Waals surface area contributed by atoms with Crippen molar-refractivity contribution in [3.05, 3.63) is 48.2 Å². The molecule has 1 N–H and O–H groups in total. The number of carbonyl (C=O) groups excluding carboxylic acids is 1. The molecule has 1 aliphatic heterocycles. The van der Waals surface area contributed by atoms with Gasteiger partial charge >= 0.3 is 0 Å². The van der Waals surface area contributed by atoms with Crippen molar-refractivity contribution in [1.82, 2.24) is 9.88 Å². The van der Waals surface area contributed by atoms with Gasteiger partial charge in [-0.05, 0) is 49.4 Å². The van der Waals surface area contributed by atoms with Crippen molar-refractivity contribution in [2.75, 3.05) is 56.7 Å². The highest BCUT2D eigenvalue weighted by Crippen LogP contribution is 2.28. The maximum atomic E-state index is 12.3. The number of nitrogens with zero attached hydrogens (tertiary/aromatic N) is 3. The number of aromatic nitrogens is 1. The second kappa shape index (κ2) is 10.6. The van der Waals surface area contributed by atoms with Crippen molar-refractivity contribution < 1.29 is 14.3 Å². The van der Waals surface area contributed by atoms with Crippen molar-refractivity contribution in [2.24, 2.45) is 0 Å². The number of rotatable bonds is 8. The van der Waals surface area contributed by atoms with Gasteiger partial charge in [0.1, 0.15) is 5.82 Å². The van der Waals surface area contributed by atoms with E-state index in [-0.39, 0.29) is 5.91 Å². The van der Waals surface area contributed by atoms with Gasteiger partial charge in [0, 0.05) is 32.3 Å². The van der Waals surface area contributed by atoms with E-state index in [1.165, 1.54) is 6.08 Å². The highest BCUT2D eigenvalue weighted by Gasteiger charge is 2.16. The van der Waals surface area contributed by atoms with Crippen molar-refractivity contribution in [3.8, 4) is 11.5 Å². The molecule has 1 aromatic heterocycles. The zero-order valence-corrected chi connectivity index (χ0v) is 17.9. The summed E-state index contributed by atoms with van der Waals surface area (Å²) < 4.78 is 10.9. The van der Waals surface area contributed by atoms with Crippen molar-refractivity contribution in [3.63, 3.8) is 0 Å². The van der Waals surface area contributed by atoms with Crippen LogP contribution in [0.3, 0.4) is 0 Å². The van der Waals surface area contributed by atoms with Crippen LogP contribution in [0.2, 0.25) is 0 Å². The molecule has 7 heteroatoms. The molecule has 0 atom stereocenters. The molecule has 1 aliphatic rings. The number of hydrogen-bond acceptors (Lipinski definition) is 6. The Kier molecular flexibility index (Phi) is 7.68. The number of amides is 1. The number of hydrogen-bond donors (Lipinski definition) is 1. The molecule has 7 nitrogen and oxygen atoms in total. The van der Waals surface area contributed by atoms with Crippen LogP contribution >= 0.6 is 0 Å². The Balaban J connectivity index is 1.56. The molecule has 0 aliphatic carbocycles. The third-order valence-electron chi connectivity index (χ3n) is 5.07. The van der Waals surface area contributed by atoms with Crippen LogP contribution < -0.4 is 19.7 Å². The van der Waals surface area contributed by atoms with Gasteiger partial charge in [-0.25, -0.2) is 4.98 Å². The summed E-state index contributed by atoms with van der Waals surface area (Å²) in [7, 11) is 1.60. The summed E-state index contributed by atoms with van der Waals surface area (Å²) in [5.74, 6) is 2.05. The maximum Gasteiger partial charge on any atom is 0.248 e. The molecular formula is C23H30N4O3. The number of nitrogens with one attached hydrogen (secondary N) is 1. The van der Waals surface area contributed by atoms with Crippen LogP contribution in [-0.2, 0) is 4.79 Å². The lowest BCUT2D eigenvalue weighted by Gasteiger charge is -2.34. The predicted octanol–water partition coefficient (Wildman–Crippen LogP) is 3.28. The Hall–Kier alpha value is -3.06. The van der Waals surface area contributed by atoms with E-state index >= 15 is 0 Å². The number of benzene rings is 1. The third-order valence-corrected chi connectivity index (χ3v) is 5.07. The monoisotopic (exact) mass is 410 g/mol. The molecule has 1 amide bonds. The Morgan fingerprint density at radius 3 is 2.57 bits per heavy atom. The maximum absolute atomic E-state index is 12.3. The molecule has 2 aromatic rings. The van der Waals surface area contributed by atoms with Crippen molar-refractivity contribution >= 4 is 23.5 Å². The summed E-state index contributed by atoms with van der Waals surface area (Å²) in [6, 6.07) is 9.40. The van der Waals surface area contributed by atoms with Crippen LogP contribution in [0.1, 0.15) is 19.4 Å². The van der Waals surface area contributed by atoms with Gasteiger partial charge in [-0.2, -0.15) is 0 Å². The number of likely N-dealkylation sites (N-methyl/N-ethyl adjacent to an activating group) is 1. The van der Waals surface area contributed by atoms with Gasteiger partial charge in [-0.15, -0.1) is 0 Å². The second-order valence-electron chi connectivity index (χ2n) is 6.99. The zero-order chi connectivity index (χ0) is 21.3. The van der Waals surface area contributed by atoms with E-state index in [1.54, 1.807) is 19.4 Å². The lowest BCUT2D eigenvalue weighted by molar-refractivity contribution is -0.111. The Morgan fingerprint density at radius 2 is 1.93 bits per heavy atom.